The van der Waals surface area contributed by atoms with Crippen molar-refractivity contribution in [3.63, 3.8) is 0 Å². The van der Waals surface area contributed by atoms with Gasteiger partial charge in [-0.1, -0.05) is 44.2 Å². The van der Waals surface area contributed by atoms with Crippen molar-refractivity contribution in [1.82, 2.24) is 4.90 Å². The van der Waals surface area contributed by atoms with Crippen LogP contribution in [0.2, 0.25) is 0 Å². The molecule has 0 aromatic heterocycles. The molecule has 2 atom stereocenters. The summed E-state index contributed by atoms with van der Waals surface area (Å²) >= 11 is 0. The number of hydrogen-bond donors (Lipinski definition) is 1. The van der Waals surface area contributed by atoms with Gasteiger partial charge in [-0.25, -0.2) is 9.69 Å². The largest absolute Gasteiger partial charge is 0.508 e. The maximum absolute atomic E-state index is 13.2. The van der Waals surface area contributed by atoms with Crippen LogP contribution < -0.4 is 0 Å². The van der Waals surface area contributed by atoms with Crippen molar-refractivity contribution in [1.29, 1.82) is 0 Å². The summed E-state index contributed by atoms with van der Waals surface area (Å²) < 4.78 is 5.20. The Bertz CT molecular complexity index is 852. The zero-order valence-corrected chi connectivity index (χ0v) is 16.8. The van der Waals surface area contributed by atoms with Crippen LogP contribution in [-0.2, 0) is 9.53 Å². The number of benzene rings is 2. The lowest BCUT2D eigenvalue weighted by atomic mass is 9.80. The average molecular weight is 381 g/mol. The standard InChI is InChI=1S/C23H27NO4/c1-14(2)19(22-15(3)10-18(25)11-16(22)4)12-21(26)24-20(13-28-23(24)27)17-8-6-5-7-9-17/h5-11,14,19-20,25H,12-13H2,1-4H3/t19-,20+/m0/s1. The molecular weight excluding hydrogens is 354 g/mol. The van der Waals surface area contributed by atoms with Crippen LogP contribution in [0, 0.1) is 19.8 Å². The SMILES string of the molecule is Cc1cc(O)cc(C)c1[C@@H](CC(=O)N1C(=O)OC[C@@H]1c1ccccc1)C(C)C. The summed E-state index contributed by atoms with van der Waals surface area (Å²) in [6, 6.07) is 12.5. The minimum atomic E-state index is -0.583. The summed E-state index contributed by atoms with van der Waals surface area (Å²) in [4.78, 5) is 26.8. The first-order valence-corrected chi connectivity index (χ1v) is 9.63. The number of carbonyl (C=O) groups is 2. The van der Waals surface area contributed by atoms with Gasteiger partial charge in [-0.05, 0) is 60.1 Å². The number of phenolic OH excluding ortho intramolecular Hbond substituents is 1. The van der Waals surface area contributed by atoms with Crippen molar-refractivity contribution in [2.24, 2.45) is 5.92 Å². The molecule has 0 bridgehead atoms. The van der Waals surface area contributed by atoms with E-state index >= 15 is 0 Å². The lowest BCUT2D eigenvalue weighted by Gasteiger charge is -2.27. The summed E-state index contributed by atoms with van der Waals surface area (Å²) in [6.45, 7) is 8.21. The van der Waals surface area contributed by atoms with Crippen molar-refractivity contribution in [2.45, 2.75) is 46.1 Å². The van der Waals surface area contributed by atoms with E-state index in [-0.39, 0.29) is 36.5 Å². The Morgan fingerprint density at radius 2 is 1.79 bits per heavy atom. The Hall–Kier alpha value is -2.82. The lowest BCUT2D eigenvalue weighted by Crippen LogP contribution is -2.35. The molecule has 0 saturated carbocycles. The van der Waals surface area contributed by atoms with Gasteiger partial charge in [0.15, 0.2) is 0 Å². The minimum absolute atomic E-state index is 0.0575. The van der Waals surface area contributed by atoms with E-state index in [1.54, 1.807) is 12.1 Å². The first-order chi connectivity index (χ1) is 13.3. The number of hydrogen-bond acceptors (Lipinski definition) is 4. The second-order valence-electron chi connectivity index (χ2n) is 7.82. The van der Waals surface area contributed by atoms with Gasteiger partial charge < -0.3 is 9.84 Å². The molecule has 2 aromatic carbocycles. The molecule has 3 rings (SSSR count). The number of carbonyl (C=O) groups excluding carboxylic acids is 2. The van der Waals surface area contributed by atoms with Gasteiger partial charge in [0, 0.05) is 6.42 Å². The fraction of sp³-hybridized carbons (Fsp3) is 0.391. The fourth-order valence-corrected chi connectivity index (χ4v) is 4.11. The number of nitrogens with zero attached hydrogens (tertiary/aromatic N) is 1. The van der Waals surface area contributed by atoms with Gasteiger partial charge in [0.1, 0.15) is 18.4 Å². The van der Waals surface area contributed by atoms with Gasteiger partial charge in [-0.2, -0.15) is 0 Å². The predicted molar refractivity (Wildman–Crippen MR) is 107 cm³/mol. The van der Waals surface area contributed by atoms with Crippen LogP contribution in [0.15, 0.2) is 42.5 Å². The molecule has 5 heteroatoms. The Morgan fingerprint density at radius 3 is 2.36 bits per heavy atom. The average Bonchev–Trinajstić information content (AvgIpc) is 3.02. The molecule has 1 aliphatic rings. The van der Waals surface area contributed by atoms with Gasteiger partial charge >= 0.3 is 6.09 Å². The first kappa shape index (κ1) is 19.9. The Balaban J connectivity index is 1.89. The van der Waals surface area contributed by atoms with Gasteiger partial charge in [0.05, 0.1) is 0 Å². The molecule has 1 saturated heterocycles. The maximum Gasteiger partial charge on any atom is 0.417 e. The van der Waals surface area contributed by atoms with Gasteiger partial charge in [-0.3, -0.25) is 4.79 Å². The number of cyclic esters (lactones) is 1. The third-order valence-corrected chi connectivity index (χ3v) is 5.47. The Kier molecular flexibility index (Phi) is 5.73. The van der Waals surface area contributed by atoms with Crippen LogP contribution in [0.3, 0.4) is 0 Å². The van der Waals surface area contributed by atoms with E-state index in [0.717, 1.165) is 22.3 Å². The van der Waals surface area contributed by atoms with E-state index in [1.165, 1.54) is 4.90 Å². The molecule has 2 amide bonds. The predicted octanol–water partition coefficient (Wildman–Crippen LogP) is 4.86. The zero-order valence-electron chi connectivity index (χ0n) is 16.8. The topological polar surface area (TPSA) is 66.8 Å². The number of imide groups is 1. The molecule has 0 radical (unpaired) electrons. The van der Waals surface area contributed by atoms with Crippen molar-refractivity contribution in [3.8, 4) is 5.75 Å². The highest BCUT2D eigenvalue weighted by atomic mass is 16.6. The Labute approximate surface area is 165 Å². The fourth-order valence-electron chi connectivity index (χ4n) is 4.11. The molecule has 148 valence electrons. The third-order valence-electron chi connectivity index (χ3n) is 5.47. The molecule has 1 heterocycles. The van der Waals surface area contributed by atoms with Crippen LogP contribution >= 0.6 is 0 Å². The molecule has 28 heavy (non-hydrogen) atoms. The van der Waals surface area contributed by atoms with E-state index in [1.807, 2.05) is 44.2 Å². The molecule has 0 aliphatic carbocycles. The van der Waals surface area contributed by atoms with Crippen molar-refractivity contribution >= 4 is 12.0 Å². The molecule has 2 aromatic rings. The number of rotatable bonds is 5. The van der Waals surface area contributed by atoms with E-state index in [0.29, 0.717) is 0 Å². The molecule has 0 unspecified atom stereocenters. The summed E-state index contributed by atoms with van der Waals surface area (Å²) in [7, 11) is 0. The monoisotopic (exact) mass is 381 g/mol. The van der Waals surface area contributed by atoms with Crippen LogP contribution in [0.1, 0.15) is 54.5 Å². The summed E-state index contributed by atoms with van der Waals surface area (Å²) in [5.74, 6) is 0.124. The van der Waals surface area contributed by atoms with E-state index in [9.17, 15) is 14.7 Å². The molecule has 1 fully saturated rings. The van der Waals surface area contributed by atoms with Gasteiger partial charge in [0.25, 0.3) is 0 Å². The van der Waals surface area contributed by atoms with Crippen LogP contribution in [0.4, 0.5) is 4.79 Å². The highest BCUT2D eigenvalue weighted by Crippen LogP contribution is 2.37. The molecule has 5 nitrogen and oxygen atoms in total. The molecule has 1 N–H and O–H groups in total. The number of phenols is 1. The molecule has 0 spiro atoms. The summed E-state index contributed by atoms with van der Waals surface area (Å²) in [5.41, 5.74) is 3.85. The summed E-state index contributed by atoms with van der Waals surface area (Å²) in [6.07, 6.45) is -0.372. The first-order valence-electron chi connectivity index (χ1n) is 9.63. The van der Waals surface area contributed by atoms with Crippen LogP contribution in [0.25, 0.3) is 0 Å². The molecule has 1 aliphatic heterocycles. The summed E-state index contributed by atoms with van der Waals surface area (Å²) in [5, 5.41) is 9.85. The van der Waals surface area contributed by atoms with Crippen molar-refractivity contribution in [3.05, 3.63) is 64.7 Å². The van der Waals surface area contributed by atoms with Crippen LogP contribution in [0.5, 0.6) is 5.75 Å². The Morgan fingerprint density at radius 1 is 1.18 bits per heavy atom. The van der Waals surface area contributed by atoms with Gasteiger partial charge in [0.2, 0.25) is 5.91 Å². The zero-order chi connectivity index (χ0) is 20.4. The number of amides is 2. The minimum Gasteiger partial charge on any atom is -0.508 e. The van der Waals surface area contributed by atoms with Crippen molar-refractivity contribution in [2.75, 3.05) is 6.61 Å². The highest BCUT2D eigenvalue weighted by Gasteiger charge is 2.40. The highest BCUT2D eigenvalue weighted by molar-refractivity contribution is 5.94. The second kappa shape index (κ2) is 8.05. The van der Waals surface area contributed by atoms with Crippen LogP contribution in [-0.4, -0.2) is 28.6 Å². The maximum atomic E-state index is 13.2. The second-order valence-corrected chi connectivity index (χ2v) is 7.82. The third kappa shape index (κ3) is 3.88. The number of ether oxygens (including phenoxy) is 1. The van der Waals surface area contributed by atoms with E-state index < -0.39 is 12.1 Å². The lowest BCUT2D eigenvalue weighted by molar-refractivity contribution is -0.130. The normalized spacial score (nSPS) is 17.7. The van der Waals surface area contributed by atoms with Gasteiger partial charge in [-0.15, -0.1) is 0 Å². The van der Waals surface area contributed by atoms with Crippen molar-refractivity contribution < 1.29 is 19.4 Å². The molecular formula is C23H27NO4. The number of aryl methyl sites for hydroxylation is 2. The smallest absolute Gasteiger partial charge is 0.417 e. The van der Waals surface area contributed by atoms with E-state index in [2.05, 4.69) is 13.8 Å². The number of aromatic hydroxyl groups is 1. The van der Waals surface area contributed by atoms with E-state index in [4.69, 9.17) is 4.74 Å². The quantitative estimate of drug-likeness (QED) is 0.803.